The summed E-state index contributed by atoms with van der Waals surface area (Å²) in [5.74, 6) is -0.706. The molecule has 6 nitrogen and oxygen atoms in total. The Balaban J connectivity index is 2.73. The standard InChI is InChI=1S/C13H17BrN2O4/c1-7(2)11(12(17)18)16-13(19)15-8-4-5-9(14)10(6-8)20-3/h4-7,11H,1-3H3,(H,17,18)(H2,15,16,19). The van der Waals surface area contributed by atoms with E-state index in [1.807, 2.05) is 0 Å². The predicted molar refractivity (Wildman–Crippen MR) is 79.1 cm³/mol. The number of carbonyl (C=O) groups excluding carboxylic acids is 1. The molecule has 0 radical (unpaired) electrons. The van der Waals surface area contributed by atoms with Crippen LogP contribution in [0.15, 0.2) is 22.7 Å². The number of benzene rings is 1. The first-order valence-corrected chi connectivity index (χ1v) is 6.78. The van der Waals surface area contributed by atoms with Gasteiger partial charge in [-0.25, -0.2) is 9.59 Å². The van der Waals surface area contributed by atoms with Gasteiger partial charge in [0.15, 0.2) is 0 Å². The Morgan fingerprint density at radius 3 is 2.50 bits per heavy atom. The SMILES string of the molecule is COc1cc(NC(=O)NC(C(=O)O)C(C)C)ccc1Br. The largest absolute Gasteiger partial charge is 0.495 e. The highest BCUT2D eigenvalue weighted by molar-refractivity contribution is 9.10. The summed E-state index contributed by atoms with van der Waals surface area (Å²) in [7, 11) is 1.52. The lowest BCUT2D eigenvalue weighted by Gasteiger charge is -2.18. The van der Waals surface area contributed by atoms with E-state index < -0.39 is 18.0 Å². The Hall–Kier alpha value is -1.76. The van der Waals surface area contributed by atoms with Crippen LogP contribution in [0.4, 0.5) is 10.5 Å². The highest BCUT2D eigenvalue weighted by atomic mass is 79.9. The number of carboxylic acid groups (broad SMARTS) is 1. The maximum absolute atomic E-state index is 11.8. The predicted octanol–water partition coefficient (Wildman–Crippen LogP) is 2.69. The number of ether oxygens (including phenoxy) is 1. The van der Waals surface area contributed by atoms with E-state index in [0.717, 1.165) is 4.47 Å². The van der Waals surface area contributed by atoms with Crippen molar-refractivity contribution in [3.8, 4) is 5.75 Å². The van der Waals surface area contributed by atoms with E-state index in [-0.39, 0.29) is 5.92 Å². The number of halogens is 1. The van der Waals surface area contributed by atoms with Crippen molar-refractivity contribution < 1.29 is 19.4 Å². The summed E-state index contributed by atoms with van der Waals surface area (Å²) in [6.07, 6.45) is 0. The van der Waals surface area contributed by atoms with Crippen molar-refractivity contribution in [3.05, 3.63) is 22.7 Å². The molecule has 20 heavy (non-hydrogen) atoms. The van der Waals surface area contributed by atoms with Crippen molar-refractivity contribution >= 4 is 33.6 Å². The molecule has 1 atom stereocenters. The second-order valence-electron chi connectivity index (χ2n) is 4.51. The third-order valence-corrected chi connectivity index (χ3v) is 3.28. The molecular formula is C13H17BrN2O4. The lowest BCUT2D eigenvalue weighted by molar-refractivity contribution is -0.140. The smallest absolute Gasteiger partial charge is 0.326 e. The molecule has 0 spiro atoms. The van der Waals surface area contributed by atoms with Gasteiger partial charge in [-0.05, 0) is 34.0 Å². The maximum atomic E-state index is 11.8. The van der Waals surface area contributed by atoms with Gasteiger partial charge in [-0.15, -0.1) is 0 Å². The van der Waals surface area contributed by atoms with E-state index in [9.17, 15) is 9.59 Å². The third kappa shape index (κ3) is 4.41. The van der Waals surface area contributed by atoms with Crippen LogP contribution in [0.1, 0.15) is 13.8 Å². The summed E-state index contributed by atoms with van der Waals surface area (Å²) in [5.41, 5.74) is 0.510. The van der Waals surface area contributed by atoms with Gasteiger partial charge in [-0.3, -0.25) is 0 Å². The zero-order chi connectivity index (χ0) is 15.3. The Bertz CT molecular complexity index is 505. The van der Waals surface area contributed by atoms with Crippen LogP contribution in [-0.2, 0) is 4.79 Å². The molecule has 0 saturated heterocycles. The second-order valence-corrected chi connectivity index (χ2v) is 5.36. The molecule has 0 saturated carbocycles. The average molecular weight is 345 g/mol. The van der Waals surface area contributed by atoms with Gasteiger partial charge < -0.3 is 20.5 Å². The van der Waals surface area contributed by atoms with Gasteiger partial charge in [0.05, 0.1) is 11.6 Å². The quantitative estimate of drug-likeness (QED) is 0.766. The van der Waals surface area contributed by atoms with E-state index in [0.29, 0.717) is 11.4 Å². The number of carbonyl (C=O) groups is 2. The maximum Gasteiger partial charge on any atom is 0.326 e. The molecule has 1 aromatic rings. The van der Waals surface area contributed by atoms with Crippen LogP contribution in [0.25, 0.3) is 0 Å². The number of hydrogen-bond donors (Lipinski definition) is 3. The zero-order valence-corrected chi connectivity index (χ0v) is 13.0. The van der Waals surface area contributed by atoms with Crippen LogP contribution in [0.2, 0.25) is 0 Å². The average Bonchev–Trinajstić information content (AvgIpc) is 2.37. The van der Waals surface area contributed by atoms with Crippen molar-refractivity contribution in [3.63, 3.8) is 0 Å². The molecule has 0 heterocycles. The number of hydrogen-bond acceptors (Lipinski definition) is 3. The Morgan fingerprint density at radius 2 is 2.00 bits per heavy atom. The van der Waals surface area contributed by atoms with Crippen LogP contribution in [0, 0.1) is 5.92 Å². The Kier molecular flexibility index (Phi) is 5.82. The van der Waals surface area contributed by atoms with Gasteiger partial charge in [-0.1, -0.05) is 13.8 Å². The molecule has 0 aliphatic rings. The van der Waals surface area contributed by atoms with E-state index in [4.69, 9.17) is 9.84 Å². The van der Waals surface area contributed by atoms with Crippen LogP contribution >= 0.6 is 15.9 Å². The number of urea groups is 1. The van der Waals surface area contributed by atoms with E-state index in [1.165, 1.54) is 7.11 Å². The van der Waals surface area contributed by atoms with E-state index in [1.54, 1.807) is 32.0 Å². The number of aliphatic carboxylic acids is 1. The first kappa shape index (κ1) is 16.3. The minimum absolute atomic E-state index is 0.210. The fourth-order valence-electron chi connectivity index (χ4n) is 1.56. The first-order valence-electron chi connectivity index (χ1n) is 5.99. The number of carboxylic acids is 1. The van der Waals surface area contributed by atoms with E-state index >= 15 is 0 Å². The van der Waals surface area contributed by atoms with Crippen molar-refractivity contribution in [1.82, 2.24) is 5.32 Å². The number of anilines is 1. The molecule has 0 aliphatic heterocycles. The molecule has 1 unspecified atom stereocenters. The zero-order valence-electron chi connectivity index (χ0n) is 11.4. The lowest BCUT2D eigenvalue weighted by Crippen LogP contribution is -2.46. The number of amides is 2. The normalized spacial score (nSPS) is 11.8. The molecule has 0 bridgehead atoms. The van der Waals surface area contributed by atoms with Crippen LogP contribution in [-0.4, -0.2) is 30.3 Å². The summed E-state index contributed by atoms with van der Waals surface area (Å²) in [6.45, 7) is 3.45. The second kappa shape index (κ2) is 7.14. The molecular weight excluding hydrogens is 328 g/mol. The summed E-state index contributed by atoms with van der Waals surface area (Å²) >= 11 is 3.30. The monoisotopic (exact) mass is 344 g/mol. The highest BCUT2D eigenvalue weighted by Gasteiger charge is 2.23. The molecule has 2 amide bonds. The summed E-state index contributed by atoms with van der Waals surface area (Å²) < 4.78 is 5.87. The lowest BCUT2D eigenvalue weighted by atomic mass is 10.1. The van der Waals surface area contributed by atoms with Gasteiger partial charge in [0, 0.05) is 11.8 Å². The minimum Gasteiger partial charge on any atom is -0.495 e. The Labute approximate surface area is 125 Å². The van der Waals surface area contributed by atoms with Gasteiger partial charge >= 0.3 is 12.0 Å². The first-order chi connectivity index (χ1) is 9.35. The molecule has 3 N–H and O–H groups in total. The number of methoxy groups -OCH3 is 1. The van der Waals surface area contributed by atoms with Gasteiger partial charge in [0.1, 0.15) is 11.8 Å². The van der Waals surface area contributed by atoms with Gasteiger partial charge in [-0.2, -0.15) is 0 Å². The van der Waals surface area contributed by atoms with Gasteiger partial charge in [0.25, 0.3) is 0 Å². The molecule has 110 valence electrons. The molecule has 7 heteroatoms. The van der Waals surface area contributed by atoms with Crippen molar-refractivity contribution in [2.75, 3.05) is 12.4 Å². The van der Waals surface area contributed by atoms with Crippen molar-refractivity contribution in [2.45, 2.75) is 19.9 Å². The van der Waals surface area contributed by atoms with E-state index in [2.05, 4.69) is 26.6 Å². The number of nitrogens with one attached hydrogen (secondary N) is 2. The van der Waals surface area contributed by atoms with Crippen molar-refractivity contribution in [1.29, 1.82) is 0 Å². The fourth-order valence-corrected chi connectivity index (χ4v) is 1.97. The molecule has 0 aromatic heterocycles. The number of rotatable bonds is 5. The molecule has 0 fully saturated rings. The summed E-state index contributed by atoms with van der Waals surface area (Å²) in [6, 6.07) is 3.53. The minimum atomic E-state index is -1.07. The topological polar surface area (TPSA) is 87.7 Å². The highest BCUT2D eigenvalue weighted by Crippen LogP contribution is 2.27. The summed E-state index contributed by atoms with van der Waals surface area (Å²) in [5, 5.41) is 14.0. The van der Waals surface area contributed by atoms with Crippen LogP contribution in [0.3, 0.4) is 0 Å². The van der Waals surface area contributed by atoms with Crippen LogP contribution < -0.4 is 15.4 Å². The Morgan fingerprint density at radius 1 is 1.35 bits per heavy atom. The van der Waals surface area contributed by atoms with Crippen LogP contribution in [0.5, 0.6) is 5.75 Å². The van der Waals surface area contributed by atoms with Gasteiger partial charge in [0.2, 0.25) is 0 Å². The summed E-state index contributed by atoms with van der Waals surface area (Å²) in [4.78, 5) is 22.8. The molecule has 1 rings (SSSR count). The molecule has 0 aliphatic carbocycles. The third-order valence-electron chi connectivity index (χ3n) is 2.63. The fraction of sp³-hybridized carbons (Fsp3) is 0.385. The van der Waals surface area contributed by atoms with Crippen molar-refractivity contribution in [2.24, 2.45) is 5.92 Å². The molecule has 1 aromatic carbocycles.